The number of para-hydroxylation sites is 1. The molecule has 6 heteroatoms. The molecule has 1 aromatic carbocycles. The van der Waals surface area contributed by atoms with Gasteiger partial charge >= 0.3 is 0 Å². The molecule has 0 saturated carbocycles. The standard InChI is InChI=1S/C16H12BrN3OS/c17-11-4-1-2-5-12(11)20-9-18-15-10(13-6-3-7-22-13)8-14(21)19-16(15)20/h1-7,9-10H,8H2,(H,19,21). The van der Waals surface area contributed by atoms with Crippen LogP contribution in [-0.2, 0) is 4.79 Å². The predicted molar refractivity (Wildman–Crippen MR) is 90.7 cm³/mol. The van der Waals surface area contributed by atoms with Crippen molar-refractivity contribution in [2.45, 2.75) is 12.3 Å². The molecule has 0 fully saturated rings. The zero-order chi connectivity index (χ0) is 15.1. The van der Waals surface area contributed by atoms with Gasteiger partial charge in [-0.3, -0.25) is 9.36 Å². The Balaban J connectivity index is 1.86. The predicted octanol–water partition coefficient (Wildman–Crippen LogP) is 4.17. The van der Waals surface area contributed by atoms with E-state index in [1.54, 1.807) is 17.7 Å². The molecule has 22 heavy (non-hydrogen) atoms. The first kappa shape index (κ1) is 13.7. The topological polar surface area (TPSA) is 46.9 Å². The third-order valence-electron chi connectivity index (χ3n) is 3.77. The van der Waals surface area contributed by atoms with Crippen molar-refractivity contribution in [1.82, 2.24) is 9.55 Å². The van der Waals surface area contributed by atoms with Crippen molar-refractivity contribution in [3.8, 4) is 5.69 Å². The van der Waals surface area contributed by atoms with Crippen molar-refractivity contribution in [2.75, 3.05) is 5.32 Å². The molecule has 1 aliphatic heterocycles. The number of thiophene rings is 1. The molecule has 4 rings (SSSR count). The highest BCUT2D eigenvalue weighted by Gasteiger charge is 2.31. The SMILES string of the molecule is O=C1CC(c2cccs2)c2ncn(-c3ccccc3Br)c2N1. The average Bonchev–Trinajstić information content (AvgIpc) is 3.16. The van der Waals surface area contributed by atoms with Gasteiger partial charge in [-0.1, -0.05) is 18.2 Å². The quantitative estimate of drug-likeness (QED) is 0.732. The zero-order valence-corrected chi connectivity index (χ0v) is 13.9. The Morgan fingerprint density at radius 1 is 1.27 bits per heavy atom. The van der Waals surface area contributed by atoms with Crippen LogP contribution in [0.25, 0.3) is 5.69 Å². The summed E-state index contributed by atoms with van der Waals surface area (Å²) in [5.74, 6) is 0.828. The smallest absolute Gasteiger partial charge is 0.226 e. The number of aromatic nitrogens is 2. The number of amides is 1. The number of anilines is 1. The molecular weight excluding hydrogens is 362 g/mol. The monoisotopic (exact) mass is 373 g/mol. The van der Waals surface area contributed by atoms with E-state index >= 15 is 0 Å². The average molecular weight is 374 g/mol. The number of fused-ring (bicyclic) bond motifs is 1. The number of benzene rings is 1. The van der Waals surface area contributed by atoms with E-state index in [0.717, 1.165) is 21.7 Å². The molecule has 1 N–H and O–H groups in total. The summed E-state index contributed by atoms with van der Waals surface area (Å²) in [6, 6.07) is 12.0. The van der Waals surface area contributed by atoms with Gasteiger partial charge in [-0.15, -0.1) is 11.3 Å². The van der Waals surface area contributed by atoms with Gasteiger partial charge in [0.15, 0.2) is 0 Å². The molecule has 3 heterocycles. The van der Waals surface area contributed by atoms with Gasteiger partial charge in [0, 0.05) is 21.7 Å². The summed E-state index contributed by atoms with van der Waals surface area (Å²) in [4.78, 5) is 17.9. The number of halogens is 1. The molecule has 0 aliphatic carbocycles. The van der Waals surface area contributed by atoms with E-state index in [9.17, 15) is 4.79 Å². The zero-order valence-electron chi connectivity index (χ0n) is 11.5. The summed E-state index contributed by atoms with van der Waals surface area (Å²) >= 11 is 5.22. The molecule has 4 nitrogen and oxygen atoms in total. The molecule has 0 spiro atoms. The van der Waals surface area contributed by atoms with E-state index in [-0.39, 0.29) is 11.8 Å². The van der Waals surface area contributed by atoms with Gasteiger partial charge in [-0.05, 0) is 39.5 Å². The number of nitrogens with zero attached hydrogens (tertiary/aromatic N) is 2. The Hall–Kier alpha value is -1.92. The number of hydrogen-bond acceptors (Lipinski definition) is 3. The molecule has 1 atom stereocenters. The Morgan fingerprint density at radius 3 is 2.91 bits per heavy atom. The van der Waals surface area contributed by atoms with Crippen LogP contribution in [0.3, 0.4) is 0 Å². The van der Waals surface area contributed by atoms with Crippen LogP contribution in [0, 0.1) is 0 Å². The van der Waals surface area contributed by atoms with E-state index in [2.05, 4.69) is 32.3 Å². The highest BCUT2D eigenvalue weighted by Crippen LogP contribution is 2.39. The molecule has 2 aromatic heterocycles. The molecular formula is C16H12BrN3OS. The molecule has 0 bridgehead atoms. The minimum Gasteiger partial charge on any atom is -0.310 e. The fourth-order valence-electron chi connectivity index (χ4n) is 2.76. The van der Waals surface area contributed by atoms with Crippen LogP contribution >= 0.6 is 27.3 Å². The lowest BCUT2D eigenvalue weighted by molar-refractivity contribution is -0.116. The van der Waals surface area contributed by atoms with Crippen LogP contribution in [0.4, 0.5) is 5.82 Å². The number of carbonyl (C=O) groups is 1. The lowest BCUT2D eigenvalue weighted by Gasteiger charge is -2.22. The molecule has 0 radical (unpaired) electrons. The van der Waals surface area contributed by atoms with Crippen molar-refractivity contribution in [3.05, 3.63) is 63.1 Å². The molecule has 3 aromatic rings. The van der Waals surface area contributed by atoms with Crippen molar-refractivity contribution in [1.29, 1.82) is 0 Å². The van der Waals surface area contributed by atoms with Crippen LogP contribution in [0.15, 0.2) is 52.6 Å². The van der Waals surface area contributed by atoms with Crippen LogP contribution < -0.4 is 5.32 Å². The number of hydrogen-bond donors (Lipinski definition) is 1. The van der Waals surface area contributed by atoms with E-state index in [0.29, 0.717) is 6.42 Å². The van der Waals surface area contributed by atoms with Crippen LogP contribution in [0.1, 0.15) is 22.9 Å². The van der Waals surface area contributed by atoms with Crippen LogP contribution in [-0.4, -0.2) is 15.5 Å². The molecule has 0 saturated heterocycles. The van der Waals surface area contributed by atoms with Crippen molar-refractivity contribution < 1.29 is 4.79 Å². The van der Waals surface area contributed by atoms with E-state index < -0.39 is 0 Å². The van der Waals surface area contributed by atoms with Gasteiger partial charge in [-0.25, -0.2) is 4.98 Å². The maximum atomic E-state index is 12.1. The molecule has 110 valence electrons. The number of imidazole rings is 1. The summed E-state index contributed by atoms with van der Waals surface area (Å²) in [6.07, 6.45) is 2.22. The second-order valence-corrected chi connectivity index (χ2v) is 6.95. The molecule has 1 unspecified atom stereocenters. The highest BCUT2D eigenvalue weighted by molar-refractivity contribution is 9.10. The Bertz CT molecular complexity index is 841. The fraction of sp³-hybridized carbons (Fsp3) is 0.125. The molecule has 1 amide bonds. The lowest BCUT2D eigenvalue weighted by Crippen LogP contribution is -2.24. The summed E-state index contributed by atoms with van der Waals surface area (Å²) in [6.45, 7) is 0. The lowest BCUT2D eigenvalue weighted by atomic mass is 9.96. The fourth-order valence-corrected chi connectivity index (χ4v) is 4.07. The van der Waals surface area contributed by atoms with Gasteiger partial charge in [0.2, 0.25) is 5.91 Å². The molecule has 1 aliphatic rings. The largest absolute Gasteiger partial charge is 0.310 e. The van der Waals surface area contributed by atoms with Crippen molar-refractivity contribution in [3.63, 3.8) is 0 Å². The number of rotatable bonds is 2. The van der Waals surface area contributed by atoms with Gasteiger partial charge in [0.25, 0.3) is 0 Å². The van der Waals surface area contributed by atoms with Gasteiger partial charge in [0.1, 0.15) is 12.1 Å². The highest BCUT2D eigenvalue weighted by atomic mass is 79.9. The maximum absolute atomic E-state index is 12.1. The number of nitrogens with one attached hydrogen (secondary N) is 1. The van der Waals surface area contributed by atoms with Crippen LogP contribution in [0.2, 0.25) is 0 Å². The summed E-state index contributed by atoms with van der Waals surface area (Å²) in [5, 5.41) is 5.01. The van der Waals surface area contributed by atoms with Gasteiger partial charge in [-0.2, -0.15) is 0 Å². The Labute approximate surface area is 139 Å². The van der Waals surface area contributed by atoms with Crippen LogP contribution in [0.5, 0.6) is 0 Å². The van der Waals surface area contributed by atoms with Gasteiger partial charge < -0.3 is 5.32 Å². The minimum absolute atomic E-state index is 0.0275. The summed E-state index contributed by atoms with van der Waals surface area (Å²) in [7, 11) is 0. The summed E-state index contributed by atoms with van der Waals surface area (Å²) < 4.78 is 2.89. The van der Waals surface area contributed by atoms with E-state index in [1.165, 1.54) is 4.88 Å². The van der Waals surface area contributed by atoms with Gasteiger partial charge in [0.05, 0.1) is 11.4 Å². The summed E-state index contributed by atoms with van der Waals surface area (Å²) in [5.41, 5.74) is 1.89. The second kappa shape index (κ2) is 5.37. The maximum Gasteiger partial charge on any atom is 0.226 e. The first-order chi connectivity index (χ1) is 10.7. The van der Waals surface area contributed by atoms with E-state index in [1.807, 2.05) is 40.3 Å². The first-order valence-corrected chi connectivity index (χ1v) is 8.56. The van der Waals surface area contributed by atoms with Crippen molar-refractivity contribution >= 4 is 39.0 Å². The Morgan fingerprint density at radius 2 is 2.14 bits per heavy atom. The first-order valence-electron chi connectivity index (χ1n) is 6.89. The minimum atomic E-state index is 0.0275. The van der Waals surface area contributed by atoms with Crippen molar-refractivity contribution in [2.24, 2.45) is 0 Å². The Kier molecular flexibility index (Phi) is 3.35. The third-order valence-corrected chi connectivity index (χ3v) is 5.43. The number of carbonyl (C=O) groups excluding carboxylic acids is 1. The normalized spacial score (nSPS) is 17.1. The van der Waals surface area contributed by atoms with E-state index in [4.69, 9.17) is 0 Å². The second-order valence-electron chi connectivity index (χ2n) is 5.12. The third kappa shape index (κ3) is 2.19.